The Hall–Kier alpha value is -8.52. The van der Waals surface area contributed by atoms with E-state index in [0.717, 1.165) is 0 Å². The Kier molecular flexibility index (Phi) is 31.1. The maximum Gasteiger partial charge on any atom is 0.326 e. The van der Waals surface area contributed by atoms with Crippen LogP contribution in [0.4, 0.5) is 0 Å². The molecule has 8 amide bonds. The molecule has 0 aliphatic rings. The van der Waals surface area contributed by atoms with E-state index in [1.165, 1.54) is 27.7 Å². The maximum absolute atomic E-state index is 13.9. The molecule has 0 aromatic carbocycles. The molecule has 0 rings (SSSR count). The molecule has 0 fully saturated rings. The number of hydrogen-bond acceptors (Lipinski definition) is 17. The van der Waals surface area contributed by atoms with Crippen LogP contribution in [-0.2, 0) is 76.7 Å². The molecule has 33 heteroatoms. The number of carboxylic acids is 8. The van der Waals surface area contributed by atoms with Gasteiger partial charge in [-0.2, -0.15) is 0 Å². The van der Waals surface area contributed by atoms with Crippen molar-refractivity contribution in [2.75, 3.05) is 0 Å². The fourth-order valence-electron chi connectivity index (χ4n) is 6.81. The van der Waals surface area contributed by atoms with E-state index < -0.39 is 245 Å². The van der Waals surface area contributed by atoms with E-state index in [-0.39, 0.29) is 6.42 Å². The van der Waals surface area contributed by atoms with Crippen molar-refractivity contribution in [2.24, 2.45) is 17.6 Å². The van der Waals surface area contributed by atoms with E-state index in [9.17, 15) is 107 Å². The first-order chi connectivity index (χ1) is 36.2. The zero-order chi connectivity index (χ0) is 60.1. The molecule has 18 N–H and O–H groups in total. The number of carboxylic acid groups (broad SMARTS) is 8. The van der Waals surface area contributed by atoms with E-state index >= 15 is 0 Å². The van der Waals surface area contributed by atoms with Gasteiger partial charge >= 0.3 is 47.8 Å². The van der Waals surface area contributed by atoms with Crippen molar-refractivity contribution < 1.29 is 118 Å². The summed E-state index contributed by atoms with van der Waals surface area (Å²) in [5.74, 6) is -23.5. The summed E-state index contributed by atoms with van der Waals surface area (Å²) in [5.41, 5.74) is 5.73. The van der Waals surface area contributed by atoms with Crippen molar-refractivity contribution in [3.05, 3.63) is 0 Å². The molecule has 0 unspecified atom stereocenters. The highest BCUT2D eigenvalue weighted by molar-refractivity contribution is 5.98. The summed E-state index contributed by atoms with van der Waals surface area (Å²) in [7, 11) is 0. The topological polar surface area (TPSA) is 557 Å². The fraction of sp³-hybridized carbons (Fsp3) is 0.644. The van der Waals surface area contributed by atoms with Crippen LogP contribution in [0.3, 0.4) is 0 Å². The van der Waals surface area contributed by atoms with Crippen molar-refractivity contribution in [3.8, 4) is 0 Å². The summed E-state index contributed by atoms with van der Waals surface area (Å²) in [6, 6.07) is -15.9. The smallest absolute Gasteiger partial charge is 0.326 e. The monoisotopic (exact) mass is 1120 g/mol. The van der Waals surface area contributed by atoms with Crippen LogP contribution < -0.4 is 48.3 Å². The molecule has 0 radical (unpaired) electrons. The zero-order valence-electron chi connectivity index (χ0n) is 42.9. The molecule has 0 aliphatic carbocycles. The predicted molar refractivity (Wildman–Crippen MR) is 259 cm³/mol. The summed E-state index contributed by atoms with van der Waals surface area (Å²) in [4.78, 5) is 200. The third-order valence-corrected chi connectivity index (χ3v) is 11.2. The minimum atomic E-state index is -2.00. The van der Waals surface area contributed by atoms with E-state index in [1.807, 2.05) is 0 Å². The van der Waals surface area contributed by atoms with Crippen LogP contribution >= 0.6 is 0 Å². The summed E-state index contributed by atoms with van der Waals surface area (Å²) in [6.07, 6.45) is -9.94. The van der Waals surface area contributed by atoms with Crippen LogP contribution in [0.1, 0.15) is 118 Å². The summed E-state index contributed by atoms with van der Waals surface area (Å²) < 4.78 is 0. The minimum absolute atomic E-state index is 0.382. The van der Waals surface area contributed by atoms with Crippen molar-refractivity contribution >= 4 is 95.0 Å². The van der Waals surface area contributed by atoms with E-state index in [2.05, 4.69) is 42.5 Å². The van der Waals surface area contributed by atoms with Gasteiger partial charge in [0.15, 0.2) is 0 Å². The van der Waals surface area contributed by atoms with Gasteiger partial charge in [0.05, 0.1) is 6.04 Å². The second-order valence-electron chi connectivity index (χ2n) is 18.3. The molecule has 0 saturated heterocycles. The minimum Gasteiger partial charge on any atom is -0.481 e. The lowest BCUT2D eigenvalue weighted by Gasteiger charge is -2.29. The molecule has 78 heavy (non-hydrogen) atoms. The second kappa shape index (κ2) is 34.9. The van der Waals surface area contributed by atoms with E-state index in [0.29, 0.717) is 0 Å². The second-order valence-corrected chi connectivity index (χ2v) is 18.3. The average molecular weight is 1120 g/mol. The molecule has 0 spiro atoms. The molecular formula is C45H69N9O24. The fourth-order valence-corrected chi connectivity index (χ4v) is 6.81. The number of rotatable bonds is 40. The first-order valence-electron chi connectivity index (χ1n) is 24.1. The average Bonchev–Trinajstić information content (AvgIpc) is 3.32. The van der Waals surface area contributed by atoms with Crippen LogP contribution in [0.5, 0.6) is 0 Å². The van der Waals surface area contributed by atoms with E-state index in [4.69, 9.17) is 15.9 Å². The van der Waals surface area contributed by atoms with Crippen LogP contribution in [0.15, 0.2) is 0 Å². The van der Waals surface area contributed by atoms with Gasteiger partial charge in [0, 0.05) is 44.9 Å². The molecule has 438 valence electrons. The Labute approximate surface area is 443 Å². The van der Waals surface area contributed by atoms with Crippen LogP contribution in [0.25, 0.3) is 0 Å². The zero-order valence-corrected chi connectivity index (χ0v) is 42.9. The Morgan fingerprint density at radius 1 is 0.282 bits per heavy atom. The normalized spacial score (nSPS) is 14.4. The molecule has 0 aromatic rings. The number of carbonyl (C=O) groups excluding carboxylic acids is 8. The third-order valence-electron chi connectivity index (χ3n) is 11.2. The third kappa shape index (κ3) is 28.4. The quantitative estimate of drug-likeness (QED) is 0.0276. The summed E-state index contributed by atoms with van der Waals surface area (Å²) in [5, 5.41) is 92.0. The lowest BCUT2D eigenvalue weighted by atomic mass is 10.0. The number of hydrogen-bond donors (Lipinski definition) is 17. The molecule has 33 nitrogen and oxygen atoms in total. The number of aliphatic carboxylic acids is 8. The Morgan fingerprint density at radius 2 is 0.474 bits per heavy atom. The van der Waals surface area contributed by atoms with Crippen LogP contribution in [0, 0.1) is 11.8 Å². The molecular weight excluding hydrogens is 1050 g/mol. The van der Waals surface area contributed by atoms with Gasteiger partial charge in [-0.25, -0.2) is 4.79 Å². The highest BCUT2D eigenvalue weighted by atomic mass is 16.4. The lowest BCUT2D eigenvalue weighted by molar-refractivity contribution is -0.144. The molecule has 0 bridgehead atoms. The number of carbonyl (C=O) groups is 16. The van der Waals surface area contributed by atoms with Crippen molar-refractivity contribution in [2.45, 2.75) is 172 Å². The lowest BCUT2D eigenvalue weighted by Crippen LogP contribution is -2.61. The number of amides is 8. The highest BCUT2D eigenvalue weighted by Gasteiger charge is 2.37. The first kappa shape index (κ1) is 69.5. The van der Waals surface area contributed by atoms with Gasteiger partial charge in [-0.3, -0.25) is 71.9 Å². The summed E-state index contributed by atoms with van der Waals surface area (Å²) >= 11 is 0. The number of nitrogens with one attached hydrogen (secondary N) is 8. The Balaban J connectivity index is 6.91. The maximum atomic E-state index is 13.9. The first-order valence-corrected chi connectivity index (χ1v) is 24.1. The van der Waals surface area contributed by atoms with Crippen LogP contribution in [0.2, 0.25) is 0 Å². The summed E-state index contributed by atoms with van der Waals surface area (Å²) in [6.45, 7) is 5.57. The number of nitrogens with two attached hydrogens (primary N) is 1. The van der Waals surface area contributed by atoms with Gasteiger partial charge in [0.25, 0.3) is 0 Å². The molecule has 0 saturated carbocycles. The van der Waals surface area contributed by atoms with E-state index in [1.54, 1.807) is 0 Å². The van der Waals surface area contributed by atoms with Crippen molar-refractivity contribution in [3.63, 3.8) is 0 Å². The van der Waals surface area contributed by atoms with Crippen molar-refractivity contribution in [1.82, 2.24) is 42.5 Å². The van der Waals surface area contributed by atoms with Crippen LogP contribution in [-0.4, -0.2) is 190 Å². The highest BCUT2D eigenvalue weighted by Crippen LogP contribution is 2.12. The SMILES string of the molecule is CC(C)[C@H](NC(=O)[C@H](CCC(=O)O)NC(=O)[C@H](CCC(=O)O)NC(=O)[C@H](CCC(=O)O)NC(=O)[C@H](CCC(=O)O)NC(=O)[C@@H](NC(=O)[C@H](CCC(=O)O)NC(=O)[C@@H](N)CCC(=O)O)C(C)C)C(=O)N[C@@H](CCC(=O)O)C(=O)O. The molecule has 9 atom stereocenters. The van der Waals surface area contributed by atoms with Gasteiger partial charge in [-0.15, -0.1) is 0 Å². The van der Waals surface area contributed by atoms with Crippen molar-refractivity contribution in [1.29, 1.82) is 0 Å². The molecule has 0 aliphatic heterocycles. The van der Waals surface area contributed by atoms with Gasteiger partial charge in [0.2, 0.25) is 47.3 Å². The largest absolute Gasteiger partial charge is 0.481 e. The van der Waals surface area contributed by atoms with Gasteiger partial charge in [0.1, 0.15) is 48.3 Å². The Bertz CT molecular complexity index is 2220. The van der Waals surface area contributed by atoms with Gasteiger partial charge in [-0.1, -0.05) is 27.7 Å². The molecule has 0 heterocycles. The Morgan fingerprint density at radius 3 is 0.705 bits per heavy atom. The molecule has 0 aromatic heterocycles. The predicted octanol–water partition coefficient (Wildman–Crippen LogP) is -4.36. The van der Waals surface area contributed by atoms with Gasteiger partial charge < -0.3 is 89.1 Å². The standard InChI is InChI=1S/C45H69N9O24/c1-19(2)35(53-41(73)25(9-16-32(63)64)47-37(69)21(46)5-12-28(55)56)43(75)51-24(8-15-31(61)62)40(72)49-22(6-13-29(57)58)38(70)48-23(7-14-30(59)60)39(71)50-26(10-17-33(65)66)42(74)54-36(20(3)4)44(76)52-27(45(77)78)11-18-34(67)68/h19-27,35-36H,5-18,46H2,1-4H3,(H,47,69)(H,48,70)(H,49,72)(H,50,71)(H,51,75)(H,52,76)(H,53,73)(H,54,74)(H,55,56)(H,57,58)(H,59,60)(H,61,62)(H,63,64)(H,65,66)(H,67,68)(H,77,78)/t21-,22-,23-,24-,25-,26-,27-,35-,36-/m0/s1. The van der Waals surface area contributed by atoms with Gasteiger partial charge in [-0.05, 0) is 56.8 Å².